The van der Waals surface area contributed by atoms with Crippen LogP contribution >= 0.6 is 8.58 Å². The Kier molecular flexibility index (Phi) is 2.96. The van der Waals surface area contributed by atoms with Crippen molar-refractivity contribution in [3.8, 4) is 11.1 Å². The molecule has 0 saturated carbocycles. The lowest BCUT2D eigenvalue weighted by Crippen LogP contribution is -1.91. The summed E-state index contributed by atoms with van der Waals surface area (Å²) in [7, 11) is 0.884. The average Bonchev–Trinajstić information content (AvgIpc) is 2.30. The predicted octanol–water partition coefficient (Wildman–Crippen LogP) is 3.29. The molecule has 1 unspecified atom stereocenters. The van der Waals surface area contributed by atoms with Crippen LogP contribution in [0.25, 0.3) is 11.1 Å². The molecule has 2 aromatic carbocycles. The van der Waals surface area contributed by atoms with E-state index in [-0.39, 0.29) is 0 Å². The lowest BCUT2D eigenvalue weighted by Gasteiger charge is -2.02. The summed E-state index contributed by atoms with van der Waals surface area (Å²) in [4.78, 5) is 0. The molecule has 0 aliphatic heterocycles. The molecular weight excluding hydrogens is 187 g/mol. The third kappa shape index (κ3) is 2.02. The predicted molar refractivity (Wildman–Crippen MR) is 65.8 cm³/mol. The van der Waals surface area contributed by atoms with Crippen LogP contribution in [-0.4, -0.2) is 6.66 Å². The average molecular weight is 200 g/mol. The van der Waals surface area contributed by atoms with Gasteiger partial charge in [0.2, 0.25) is 0 Å². The Morgan fingerprint density at radius 1 is 0.714 bits per heavy atom. The first kappa shape index (κ1) is 9.43. The van der Waals surface area contributed by atoms with Gasteiger partial charge in [-0.15, -0.1) is 0 Å². The summed E-state index contributed by atoms with van der Waals surface area (Å²) in [5.41, 5.74) is 2.59. The van der Waals surface area contributed by atoms with Gasteiger partial charge < -0.3 is 0 Å². The lowest BCUT2D eigenvalue weighted by molar-refractivity contribution is 1.64. The van der Waals surface area contributed by atoms with E-state index in [4.69, 9.17) is 0 Å². The van der Waals surface area contributed by atoms with Gasteiger partial charge in [-0.1, -0.05) is 63.2 Å². The molecule has 0 aromatic heterocycles. The van der Waals surface area contributed by atoms with Crippen molar-refractivity contribution in [1.29, 1.82) is 0 Å². The topological polar surface area (TPSA) is 0 Å². The van der Waals surface area contributed by atoms with Crippen LogP contribution in [-0.2, 0) is 0 Å². The molecule has 2 rings (SSSR count). The quantitative estimate of drug-likeness (QED) is 0.652. The summed E-state index contributed by atoms with van der Waals surface area (Å²) in [6.45, 7) is 2.21. The van der Waals surface area contributed by atoms with Crippen LogP contribution in [0, 0.1) is 0 Å². The third-order valence-electron chi connectivity index (χ3n) is 2.28. The van der Waals surface area contributed by atoms with E-state index in [9.17, 15) is 0 Å². The number of rotatable bonds is 2. The molecule has 0 nitrogen and oxygen atoms in total. The normalized spacial score (nSPS) is 10.9. The largest absolute Gasteiger partial charge is 0.0936 e. The van der Waals surface area contributed by atoms with Crippen molar-refractivity contribution >= 4 is 13.9 Å². The second-order valence-electron chi connectivity index (χ2n) is 3.19. The molecule has 0 N–H and O–H groups in total. The Labute approximate surface area is 86.8 Å². The standard InChI is InChI=1S/C13H13P/c1-14-13-9-7-12(8-10-13)11-5-3-2-4-6-11/h2-10,14H,1H3. The SMILES string of the molecule is CPc1ccc(-c2ccccc2)cc1. The highest BCUT2D eigenvalue weighted by atomic mass is 31.1. The van der Waals surface area contributed by atoms with Crippen LogP contribution in [0.1, 0.15) is 0 Å². The van der Waals surface area contributed by atoms with E-state index in [1.165, 1.54) is 16.4 Å². The molecule has 1 heteroatoms. The molecule has 1 atom stereocenters. The van der Waals surface area contributed by atoms with Gasteiger partial charge in [0.15, 0.2) is 0 Å². The van der Waals surface area contributed by atoms with E-state index in [0.29, 0.717) is 0 Å². The minimum absolute atomic E-state index is 0.884. The smallest absolute Gasteiger partial charge is 0.0184 e. The number of hydrogen-bond donors (Lipinski definition) is 0. The van der Waals surface area contributed by atoms with Crippen LogP contribution in [0.4, 0.5) is 0 Å². The van der Waals surface area contributed by atoms with E-state index < -0.39 is 0 Å². The zero-order valence-electron chi connectivity index (χ0n) is 8.20. The fourth-order valence-electron chi connectivity index (χ4n) is 1.46. The van der Waals surface area contributed by atoms with Crippen molar-refractivity contribution in [2.45, 2.75) is 0 Å². The Morgan fingerprint density at radius 3 is 1.86 bits per heavy atom. The summed E-state index contributed by atoms with van der Waals surface area (Å²) in [6, 6.07) is 19.3. The summed E-state index contributed by atoms with van der Waals surface area (Å²) < 4.78 is 0. The first-order valence-electron chi connectivity index (χ1n) is 4.73. The minimum Gasteiger partial charge on any atom is -0.0936 e. The molecule has 14 heavy (non-hydrogen) atoms. The molecule has 0 bridgehead atoms. The van der Waals surface area contributed by atoms with E-state index in [0.717, 1.165) is 8.58 Å². The van der Waals surface area contributed by atoms with Crippen LogP contribution in [0.15, 0.2) is 54.6 Å². The highest BCUT2D eigenvalue weighted by molar-refractivity contribution is 7.46. The number of hydrogen-bond acceptors (Lipinski definition) is 0. The van der Waals surface area contributed by atoms with Gasteiger partial charge in [0.25, 0.3) is 0 Å². The molecule has 2 aromatic rings. The van der Waals surface area contributed by atoms with Crippen molar-refractivity contribution in [2.24, 2.45) is 0 Å². The Hall–Kier alpha value is -1.13. The molecule has 70 valence electrons. The molecule has 0 fully saturated rings. The summed E-state index contributed by atoms with van der Waals surface area (Å²) in [6.07, 6.45) is 0. The summed E-state index contributed by atoms with van der Waals surface area (Å²) in [5, 5.41) is 1.42. The fourth-order valence-corrected chi connectivity index (χ4v) is 1.96. The molecule has 0 amide bonds. The van der Waals surface area contributed by atoms with Crippen LogP contribution in [0.5, 0.6) is 0 Å². The Bertz CT molecular complexity index is 389. The Morgan fingerprint density at radius 2 is 1.29 bits per heavy atom. The van der Waals surface area contributed by atoms with Crippen molar-refractivity contribution in [1.82, 2.24) is 0 Å². The maximum absolute atomic E-state index is 2.21. The lowest BCUT2D eigenvalue weighted by atomic mass is 10.1. The number of benzene rings is 2. The zero-order chi connectivity index (χ0) is 9.80. The van der Waals surface area contributed by atoms with Gasteiger partial charge in [-0.25, -0.2) is 0 Å². The van der Waals surface area contributed by atoms with Gasteiger partial charge in [0.05, 0.1) is 0 Å². The summed E-state index contributed by atoms with van der Waals surface area (Å²) in [5.74, 6) is 0. The molecule has 0 aliphatic carbocycles. The van der Waals surface area contributed by atoms with Crippen molar-refractivity contribution in [2.75, 3.05) is 6.66 Å². The first-order chi connectivity index (χ1) is 6.90. The van der Waals surface area contributed by atoms with Crippen LogP contribution in [0.2, 0.25) is 0 Å². The van der Waals surface area contributed by atoms with Gasteiger partial charge in [0, 0.05) is 0 Å². The molecule has 0 spiro atoms. The zero-order valence-corrected chi connectivity index (χ0v) is 9.20. The fraction of sp³-hybridized carbons (Fsp3) is 0.0769. The van der Waals surface area contributed by atoms with E-state index in [2.05, 4.69) is 55.2 Å². The maximum Gasteiger partial charge on any atom is -0.0184 e. The van der Waals surface area contributed by atoms with Gasteiger partial charge in [0.1, 0.15) is 0 Å². The van der Waals surface area contributed by atoms with Crippen molar-refractivity contribution < 1.29 is 0 Å². The van der Waals surface area contributed by atoms with Gasteiger partial charge in [-0.3, -0.25) is 0 Å². The van der Waals surface area contributed by atoms with Crippen molar-refractivity contribution in [3.05, 3.63) is 54.6 Å². The van der Waals surface area contributed by atoms with Crippen LogP contribution in [0.3, 0.4) is 0 Å². The maximum atomic E-state index is 2.21. The highest BCUT2D eigenvalue weighted by Gasteiger charge is 1.95. The Balaban J connectivity index is 2.34. The monoisotopic (exact) mass is 200 g/mol. The van der Waals surface area contributed by atoms with Gasteiger partial charge >= 0.3 is 0 Å². The van der Waals surface area contributed by atoms with Crippen LogP contribution < -0.4 is 5.30 Å². The molecule has 0 saturated heterocycles. The first-order valence-corrected chi connectivity index (χ1v) is 6.23. The van der Waals surface area contributed by atoms with Gasteiger partial charge in [-0.05, 0) is 23.1 Å². The minimum atomic E-state index is 0.884. The third-order valence-corrected chi connectivity index (χ3v) is 3.19. The molecule has 0 heterocycles. The van der Waals surface area contributed by atoms with E-state index >= 15 is 0 Å². The second kappa shape index (κ2) is 4.39. The second-order valence-corrected chi connectivity index (χ2v) is 4.27. The van der Waals surface area contributed by atoms with Gasteiger partial charge in [-0.2, -0.15) is 0 Å². The van der Waals surface area contributed by atoms with E-state index in [1.54, 1.807) is 0 Å². The van der Waals surface area contributed by atoms with Crippen molar-refractivity contribution in [3.63, 3.8) is 0 Å². The molecule has 0 radical (unpaired) electrons. The molecular formula is C13H13P. The molecule has 0 aliphatic rings. The summed E-state index contributed by atoms with van der Waals surface area (Å²) >= 11 is 0. The highest BCUT2D eigenvalue weighted by Crippen LogP contribution is 2.18. The van der Waals surface area contributed by atoms with E-state index in [1.807, 2.05) is 6.07 Å².